The lowest BCUT2D eigenvalue weighted by molar-refractivity contribution is 0.710. The van der Waals surface area contributed by atoms with Gasteiger partial charge in [-0.25, -0.2) is 0 Å². The summed E-state index contributed by atoms with van der Waals surface area (Å²) in [5.74, 6) is 0. The first-order chi connectivity index (χ1) is 6.65. The van der Waals surface area contributed by atoms with E-state index in [1.807, 2.05) is 18.7 Å². The van der Waals surface area contributed by atoms with Gasteiger partial charge in [0.25, 0.3) is 0 Å². The molecule has 0 amide bonds. The quantitative estimate of drug-likeness (QED) is 0.542. The predicted molar refractivity (Wildman–Crippen MR) is 58.6 cm³/mol. The van der Waals surface area contributed by atoms with Gasteiger partial charge in [-0.1, -0.05) is 11.6 Å². The second-order valence-corrected chi connectivity index (χ2v) is 4.52. The minimum absolute atomic E-state index is 0.249. The van der Waals surface area contributed by atoms with Crippen molar-refractivity contribution in [3.8, 4) is 0 Å². The van der Waals surface area contributed by atoms with Gasteiger partial charge in [0.2, 0.25) is 0 Å². The summed E-state index contributed by atoms with van der Waals surface area (Å²) < 4.78 is 1.96. The molecule has 1 aromatic heterocycles. The highest BCUT2D eigenvalue weighted by molar-refractivity contribution is 6.22. The van der Waals surface area contributed by atoms with Gasteiger partial charge >= 0.3 is 0 Å². The van der Waals surface area contributed by atoms with Crippen LogP contribution in [0.25, 0.3) is 0 Å². The molecule has 0 spiro atoms. The van der Waals surface area contributed by atoms with Crippen LogP contribution in [0, 0.1) is 6.92 Å². The van der Waals surface area contributed by atoms with Gasteiger partial charge in [0.05, 0.1) is 11.1 Å². The van der Waals surface area contributed by atoms with Gasteiger partial charge in [0.15, 0.2) is 0 Å². The standard InChI is InChI=1S/C11H15ClN2/c1-8-5-11(14(2)13-8)7-9-3-4-10(12)6-9/h5-6,10H,3-4,7H2,1-2H3. The number of alkyl halides is 1. The van der Waals surface area contributed by atoms with Crippen molar-refractivity contribution in [1.29, 1.82) is 0 Å². The number of hydrogen-bond acceptors (Lipinski definition) is 1. The van der Waals surface area contributed by atoms with Crippen molar-refractivity contribution in [3.63, 3.8) is 0 Å². The minimum atomic E-state index is 0.249. The van der Waals surface area contributed by atoms with E-state index in [9.17, 15) is 0 Å². The Morgan fingerprint density at radius 2 is 2.43 bits per heavy atom. The number of aromatic nitrogens is 2. The first-order valence-electron chi connectivity index (χ1n) is 4.98. The van der Waals surface area contributed by atoms with Gasteiger partial charge in [0.1, 0.15) is 0 Å². The SMILES string of the molecule is Cc1cc(CC2=CC(Cl)CC2)n(C)n1. The first kappa shape index (κ1) is 9.78. The van der Waals surface area contributed by atoms with E-state index in [1.54, 1.807) is 0 Å². The highest BCUT2D eigenvalue weighted by atomic mass is 35.5. The molecule has 0 saturated heterocycles. The van der Waals surface area contributed by atoms with Crippen molar-refractivity contribution >= 4 is 11.6 Å². The first-order valence-corrected chi connectivity index (χ1v) is 5.42. The summed E-state index contributed by atoms with van der Waals surface area (Å²) in [5.41, 5.74) is 3.82. The van der Waals surface area contributed by atoms with Gasteiger partial charge < -0.3 is 0 Å². The van der Waals surface area contributed by atoms with Crippen molar-refractivity contribution < 1.29 is 0 Å². The molecule has 2 rings (SSSR count). The average molecular weight is 211 g/mol. The topological polar surface area (TPSA) is 17.8 Å². The van der Waals surface area contributed by atoms with E-state index in [0.29, 0.717) is 0 Å². The van der Waals surface area contributed by atoms with Crippen LogP contribution in [0.2, 0.25) is 0 Å². The van der Waals surface area contributed by atoms with E-state index in [-0.39, 0.29) is 5.38 Å². The third kappa shape index (κ3) is 2.01. The molecule has 0 bridgehead atoms. The van der Waals surface area contributed by atoms with Crippen LogP contribution in [0.3, 0.4) is 0 Å². The normalized spacial score (nSPS) is 21.4. The smallest absolute Gasteiger partial charge is 0.0596 e. The summed E-state index contributed by atoms with van der Waals surface area (Å²) in [6.07, 6.45) is 5.41. The molecular weight excluding hydrogens is 196 g/mol. The molecule has 1 unspecified atom stereocenters. The molecule has 0 radical (unpaired) electrons. The van der Waals surface area contributed by atoms with Gasteiger partial charge in [-0.2, -0.15) is 5.10 Å². The molecule has 0 aromatic carbocycles. The van der Waals surface area contributed by atoms with Crippen molar-refractivity contribution in [3.05, 3.63) is 29.1 Å². The molecule has 1 aliphatic rings. The summed E-state index contributed by atoms with van der Waals surface area (Å²) in [7, 11) is 2.00. The number of allylic oxidation sites excluding steroid dienone is 2. The molecule has 0 N–H and O–H groups in total. The molecule has 0 aliphatic heterocycles. The van der Waals surface area contributed by atoms with Crippen LogP contribution in [0.5, 0.6) is 0 Å². The summed E-state index contributed by atoms with van der Waals surface area (Å²) >= 11 is 6.02. The van der Waals surface area contributed by atoms with E-state index in [4.69, 9.17) is 11.6 Å². The Morgan fingerprint density at radius 1 is 1.64 bits per heavy atom. The molecule has 0 fully saturated rings. The Labute approximate surface area is 89.6 Å². The second-order valence-electron chi connectivity index (χ2n) is 3.96. The third-order valence-corrected chi connectivity index (χ3v) is 3.01. The van der Waals surface area contributed by atoms with Crippen LogP contribution in [-0.2, 0) is 13.5 Å². The average Bonchev–Trinajstić information content (AvgIpc) is 2.61. The monoisotopic (exact) mass is 210 g/mol. The molecule has 3 heteroatoms. The minimum Gasteiger partial charge on any atom is -0.272 e. The number of aryl methyl sites for hydroxylation is 2. The van der Waals surface area contributed by atoms with Crippen molar-refractivity contribution in [2.75, 3.05) is 0 Å². The summed E-state index contributed by atoms with van der Waals surface area (Å²) in [4.78, 5) is 0. The van der Waals surface area contributed by atoms with Crippen LogP contribution in [-0.4, -0.2) is 15.2 Å². The highest BCUT2D eigenvalue weighted by Gasteiger charge is 2.14. The van der Waals surface area contributed by atoms with Crippen molar-refractivity contribution in [2.45, 2.75) is 31.6 Å². The number of hydrogen-bond donors (Lipinski definition) is 0. The van der Waals surface area contributed by atoms with Crippen molar-refractivity contribution in [1.82, 2.24) is 9.78 Å². The van der Waals surface area contributed by atoms with E-state index in [2.05, 4.69) is 17.2 Å². The highest BCUT2D eigenvalue weighted by Crippen LogP contribution is 2.25. The summed E-state index contributed by atoms with van der Waals surface area (Å²) in [6, 6.07) is 2.14. The summed E-state index contributed by atoms with van der Waals surface area (Å²) in [5, 5.41) is 4.58. The zero-order valence-electron chi connectivity index (χ0n) is 8.63. The lowest BCUT2D eigenvalue weighted by Gasteiger charge is -2.01. The molecule has 1 heterocycles. The van der Waals surface area contributed by atoms with E-state index in [0.717, 1.165) is 25.0 Å². The molecule has 1 aromatic rings. The largest absolute Gasteiger partial charge is 0.272 e. The maximum Gasteiger partial charge on any atom is 0.0596 e. The van der Waals surface area contributed by atoms with Crippen LogP contribution in [0.4, 0.5) is 0 Å². The molecule has 76 valence electrons. The Kier molecular flexibility index (Phi) is 2.64. The van der Waals surface area contributed by atoms with Crippen LogP contribution in [0.15, 0.2) is 17.7 Å². The lowest BCUT2D eigenvalue weighted by atomic mass is 10.1. The van der Waals surface area contributed by atoms with Gasteiger partial charge in [-0.15, -0.1) is 11.6 Å². The zero-order valence-corrected chi connectivity index (χ0v) is 9.38. The second kappa shape index (κ2) is 3.77. The maximum absolute atomic E-state index is 6.02. The predicted octanol–water partition coefficient (Wildman–Crippen LogP) is 2.60. The van der Waals surface area contributed by atoms with E-state index in [1.165, 1.54) is 11.3 Å². The Morgan fingerprint density at radius 3 is 2.93 bits per heavy atom. The number of rotatable bonds is 2. The van der Waals surface area contributed by atoms with Crippen LogP contribution in [0.1, 0.15) is 24.2 Å². The maximum atomic E-state index is 6.02. The lowest BCUT2D eigenvalue weighted by Crippen LogP contribution is -1.99. The van der Waals surface area contributed by atoms with Gasteiger partial charge in [-0.3, -0.25) is 4.68 Å². The molecule has 1 aliphatic carbocycles. The zero-order chi connectivity index (χ0) is 10.1. The number of halogens is 1. The fourth-order valence-electron chi connectivity index (χ4n) is 1.96. The third-order valence-electron chi connectivity index (χ3n) is 2.66. The van der Waals surface area contributed by atoms with Gasteiger partial charge in [0, 0.05) is 19.2 Å². The Balaban J connectivity index is 2.11. The molecule has 0 saturated carbocycles. The molecule has 1 atom stereocenters. The van der Waals surface area contributed by atoms with E-state index < -0.39 is 0 Å². The van der Waals surface area contributed by atoms with Crippen molar-refractivity contribution in [2.24, 2.45) is 7.05 Å². The Hall–Kier alpha value is -0.760. The van der Waals surface area contributed by atoms with Gasteiger partial charge in [-0.05, 0) is 25.8 Å². The van der Waals surface area contributed by atoms with Crippen LogP contribution >= 0.6 is 11.6 Å². The fourth-order valence-corrected chi connectivity index (χ4v) is 2.24. The number of nitrogens with zero attached hydrogens (tertiary/aromatic N) is 2. The summed E-state index contributed by atoms with van der Waals surface area (Å²) in [6.45, 7) is 2.02. The van der Waals surface area contributed by atoms with E-state index >= 15 is 0 Å². The molecule has 14 heavy (non-hydrogen) atoms. The molecule has 2 nitrogen and oxygen atoms in total. The van der Waals surface area contributed by atoms with Crippen LogP contribution < -0.4 is 0 Å². The fraction of sp³-hybridized carbons (Fsp3) is 0.545. The Bertz CT molecular complexity index is 365. The molecular formula is C11H15ClN2.